The van der Waals surface area contributed by atoms with Crippen molar-refractivity contribution in [2.24, 2.45) is 0 Å². The van der Waals surface area contributed by atoms with E-state index in [2.05, 4.69) is 24.1 Å². The van der Waals surface area contributed by atoms with Crippen LogP contribution >= 0.6 is 0 Å². The van der Waals surface area contributed by atoms with Crippen molar-refractivity contribution in [1.82, 2.24) is 14.5 Å². The lowest BCUT2D eigenvalue weighted by Gasteiger charge is -2.18. The Morgan fingerprint density at radius 1 is 1.12 bits per heavy atom. The van der Waals surface area contributed by atoms with E-state index in [0.29, 0.717) is 54.5 Å². The topological polar surface area (TPSA) is 79.6 Å². The molecule has 208 valence electrons. The number of hydrogen-bond donors (Lipinski definition) is 2. The summed E-state index contributed by atoms with van der Waals surface area (Å²) < 4.78 is 22.3. The smallest absolute Gasteiger partial charge is 0.261 e. The second kappa shape index (κ2) is 12.3. The fourth-order valence-corrected chi connectivity index (χ4v) is 5.04. The van der Waals surface area contributed by atoms with Crippen LogP contribution in [0.15, 0.2) is 65.5 Å². The highest BCUT2D eigenvalue weighted by molar-refractivity contribution is 5.87. The Labute approximate surface area is 233 Å². The summed E-state index contributed by atoms with van der Waals surface area (Å²) in [6.07, 6.45) is 3.32. The third-order valence-electron chi connectivity index (χ3n) is 7.38. The van der Waals surface area contributed by atoms with Crippen LogP contribution < -0.4 is 15.6 Å². The summed E-state index contributed by atoms with van der Waals surface area (Å²) in [5.41, 5.74) is 3.02. The van der Waals surface area contributed by atoms with E-state index in [-0.39, 0.29) is 16.7 Å². The van der Waals surface area contributed by atoms with E-state index in [1.54, 1.807) is 22.8 Å². The summed E-state index contributed by atoms with van der Waals surface area (Å²) >= 11 is 0. The number of nitrogens with one attached hydrogen (secondary N) is 1. The van der Waals surface area contributed by atoms with Crippen LogP contribution in [0, 0.1) is 5.82 Å². The van der Waals surface area contributed by atoms with Crippen LogP contribution in [0.4, 0.5) is 10.1 Å². The van der Waals surface area contributed by atoms with E-state index in [1.165, 1.54) is 6.07 Å². The molecule has 1 aliphatic heterocycles. The number of halogens is 1. The molecule has 0 spiro atoms. The Kier molecular flexibility index (Phi) is 8.45. The summed E-state index contributed by atoms with van der Waals surface area (Å²) in [5, 5.41) is 14.1. The molecule has 2 N–H and O–H groups in total. The third-order valence-corrected chi connectivity index (χ3v) is 7.38. The van der Waals surface area contributed by atoms with Crippen LogP contribution in [-0.2, 0) is 13.2 Å². The number of aromatic hydroxyl groups is 1. The van der Waals surface area contributed by atoms with Gasteiger partial charge in [0.15, 0.2) is 0 Å². The van der Waals surface area contributed by atoms with Gasteiger partial charge in [0.05, 0.1) is 16.6 Å². The van der Waals surface area contributed by atoms with Gasteiger partial charge in [-0.3, -0.25) is 9.36 Å². The van der Waals surface area contributed by atoms with Crippen LogP contribution in [0.3, 0.4) is 0 Å². The zero-order valence-electron chi connectivity index (χ0n) is 23.0. The third kappa shape index (κ3) is 6.02. The molecular weight excluding hydrogens is 507 g/mol. The van der Waals surface area contributed by atoms with Crippen molar-refractivity contribution in [1.29, 1.82) is 0 Å². The number of aromatic nitrogens is 2. The van der Waals surface area contributed by atoms with Gasteiger partial charge in [-0.1, -0.05) is 44.2 Å². The van der Waals surface area contributed by atoms with E-state index >= 15 is 0 Å². The molecule has 0 amide bonds. The molecule has 0 bridgehead atoms. The number of nitrogens with zero attached hydrogens (tertiary/aromatic N) is 3. The molecule has 0 radical (unpaired) electrons. The first kappa shape index (κ1) is 27.4. The quantitative estimate of drug-likeness (QED) is 0.230. The Morgan fingerprint density at radius 3 is 2.67 bits per heavy atom. The Hall–Kier alpha value is -4.17. The number of phenols is 1. The predicted octanol–water partition coefficient (Wildman–Crippen LogP) is 5.91. The molecule has 3 aromatic carbocycles. The molecule has 1 aromatic heterocycles. The van der Waals surface area contributed by atoms with Gasteiger partial charge in [0.2, 0.25) is 0 Å². The highest BCUT2D eigenvalue weighted by atomic mass is 19.1. The first-order chi connectivity index (χ1) is 19.5. The van der Waals surface area contributed by atoms with Gasteiger partial charge in [-0.05, 0) is 74.0 Å². The second-order valence-corrected chi connectivity index (χ2v) is 9.96. The van der Waals surface area contributed by atoms with Crippen LogP contribution in [0.2, 0.25) is 0 Å². The molecule has 0 saturated heterocycles. The van der Waals surface area contributed by atoms with Crippen molar-refractivity contribution in [3.63, 3.8) is 0 Å². The highest BCUT2D eigenvalue weighted by Gasteiger charge is 2.22. The fraction of sp³-hybridized carbons (Fsp3) is 0.312. The van der Waals surface area contributed by atoms with Crippen molar-refractivity contribution in [3.05, 3.63) is 93.8 Å². The molecule has 0 saturated carbocycles. The van der Waals surface area contributed by atoms with Gasteiger partial charge in [-0.25, -0.2) is 9.37 Å². The maximum atomic E-state index is 14.9. The van der Waals surface area contributed by atoms with Crippen LogP contribution in [0.25, 0.3) is 22.6 Å². The number of allylic oxidation sites excluding steroid dienone is 1. The lowest BCUT2D eigenvalue weighted by atomic mass is 10.1. The molecule has 0 fully saturated rings. The molecule has 8 heteroatoms. The Morgan fingerprint density at radius 2 is 1.93 bits per heavy atom. The lowest BCUT2D eigenvalue weighted by Crippen LogP contribution is -2.25. The molecular formula is C32H35FN4O3. The summed E-state index contributed by atoms with van der Waals surface area (Å²) in [5.74, 6) is 0.733. The van der Waals surface area contributed by atoms with Crippen molar-refractivity contribution >= 4 is 28.2 Å². The zero-order chi connectivity index (χ0) is 28.1. The van der Waals surface area contributed by atoms with E-state index < -0.39 is 5.82 Å². The molecule has 0 atom stereocenters. The number of fused-ring (bicyclic) bond motifs is 2. The molecule has 7 nitrogen and oxygen atoms in total. The van der Waals surface area contributed by atoms with Gasteiger partial charge in [-0.2, -0.15) is 0 Å². The minimum absolute atomic E-state index is 0.0814. The monoisotopic (exact) mass is 542 g/mol. The number of rotatable bonds is 11. The van der Waals surface area contributed by atoms with Crippen LogP contribution in [0.1, 0.15) is 43.6 Å². The van der Waals surface area contributed by atoms with Gasteiger partial charge in [-0.15, -0.1) is 0 Å². The van der Waals surface area contributed by atoms with Gasteiger partial charge in [0.1, 0.15) is 29.7 Å². The second-order valence-electron chi connectivity index (χ2n) is 9.96. The minimum atomic E-state index is -0.456. The Bertz CT molecular complexity index is 1580. The van der Waals surface area contributed by atoms with Crippen molar-refractivity contribution in [3.8, 4) is 11.5 Å². The van der Waals surface area contributed by atoms with Crippen LogP contribution in [-0.4, -0.2) is 45.7 Å². The predicted molar refractivity (Wildman–Crippen MR) is 158 cm³/mol. The van der Waals surface area contributed by atoms with Gasteiger partial charge in [0, 0.05) is 24.7 Å². The molecule has 1 aliphatic rings. The minimum Gasteiger partial charge on any atom is -0.507 e. The average molecular weight is 543 g/mol. The summed E-state index contributed by atoms with van der Waals surface area (Å²) in [4.78, 5) is 20.3. The lowest BCUT2D eigenvalue weighted by molar-refractivity contribution is 0.303. The van der Waals surface area contributed by atoms with E-state index in [1.807, 2.05) is 42.5 Å². The standard InChI is InChI=1S/C32H35FN4O3/c1-3-36(4-2)15-8-14-34-29-20-28-26(19-27(29)33)32(39)37-16-13-24(31(37)35-28)17-23-11-12-25(18-30(23)38)40-21-22-9-6-5-7-10-22/h5-7,9-12,17-20,34,38H,3-4,8,13-16,21H2,1-2H3/b24-17+. The molecule has 4 aromatic rings. The first-order valence-corrected chi connectivity index (χ1v) is 13.9. The van der Waals surface area contributed by atoms with Crippen LogP contribution in [0.5, 0.6) is 11.5 Å². The first-order valence-electron chi connectivity index (χ1n) is 13.9. The number of hydrogen-bond acceptors (Lipinski definition) is 6. The number of phenolic OH excluding ortho intramolecular Hbond substituents is 1. The number of ether oxygens (including phenoxy) is 1. The van der Waals surface area contributed by atoms with E-state index in [0.717, 1.165) is 37.2 Å². The normalized spacial score (nSPS) is 13.8. The highest BCUT2D eigenvalue weighted by Crippen LogP contribution is 2.32. The van der Waals surface area contributed by atoms with Gasteiger partial charge < -0.3 is 20.1 Å². The maximum Gasteiger partial charge on any atom is 0.261 e. The summed E-state index contributed by atoms with van der Waals surface area (Å²) in [7, 11) is 0. The maximum absolute atomic E-state index is 14.9. The average Bonchev–Trinajstić information content (AvgIpc) is 3.37. The van der Waals surface area contributed by atoms with Gasteiger partial charge in [0.25, 0.3) is 5.56 Å². The van der Waals surface area contributed by atoms with Gasteiger partial charge >= 0.3 is 0 Å². The van der Waals surface area contributed by atoms with E-state index in [4.69, 9.17) is 9.72 Å². The largest absolute Gasteiger partial charge is 0.507 e. The molecule has 40 heavy (non-hydrogen) atoms. The molecule has 2 heterocycles. The number of anilines is 1. The molecule has 5 rings (SSSR count). The number of benzene rings is 3. The summed E-state index contributed by atoms with van der Waals surface area (Å²) in [6, 6.07) is 17.9. The Balaban J connectivity index is 1.35. The molecule has 0 aliphatic carbocycles. The SMILES string of the molecule is CCN(CC)CCCNc1cc2nc3n(c(=O)c2cc1F)CC/C3=C\c1ccc(OCc2ccccc2)cc1O. The van der Waals surface area contributed by atoms with Crippen molar-refractivity contribution in [2.75, 3.05) is 31.5 Å². The summed E-state index contributed by atoms with van der Waals surface area (Å²) in [6.45, 7) is 8.64. The molecule has 0 unspecified atom stereocenters. The van der Waals surface area contributed by atoms with Crippen molar-refractivity contribution < 1.29 is 14.2 Å². The van der Waals surface area contributed by atoms with E-state index in [9.17, 15) is 14.3 Å². The van der Waals surface area contributed by atoms with Crippen molar-refractivity contribution in [2.45, 2.75) is 39.8 Å². The fourth-order valence-electron chi connectivity index (χ4n) is 5.04. The zero-order valence-corrected chi connectivity index (χ0v) is 23.0.